The van der Waals surface area contributed by atoms with Crippen LogP contribution in [0.3, 0.4) is 0 Å². The summed E-state index contributed by atoms with van der Waals surface area (Å²) in [5, 5.41) is 5.30. The first-order chi connectivity index (χ1) is 11.0. The summed E-state index contributed by atoms with van der Waals surface area (Å²) < 4.78 is 5.32. The summed E-state index contributed by atoms with van der Waals surface area (Å²) in [6, 6.07) is 11.2. The number of carbonyl (C=O) groups is 3. The van der Waals surface area contributed by atoms with Crippen LogP contribution < -0.4 is 15.4 Å². The molecule has 116 valence electrons. The second-order valence-corrected chi connectivity index (χ2v) is 5.27. The van der Waals surface area contributed by atoms with E-state index in [0.717, 1.165) is 0 Å². The third-order valence-electron chi connectivity index (χ3n) is 3.19. The monoisotopic (exact) mass is 330 g/mol. The first-order valence-electron chi connectivity index (χ1n) is 6.71. The quantitative estimate of drug-likeness (QED) is 0.842. The van der Waals surface area contributed by atoms with Crippen LogP contribution in [0.5, 0.6) is 5.75 Å². The van der Waals surface area contributed by atoms with Gasteiger partial charge < -0.3 is 10.1 Å². The van der Waals surface area contributed by atoms with E-state index >= 15 is 0 Å². The van der Waals surface area contributed by atoms with Gasteiger partial charge in [0.25, 0.3) is 17.7 Å². The van der Waals surface area contributed by atoms with E-state index in [9.17, 15) is 14.4 Å². The minimum Gasteiger partial charge on any atom is -0.484 e. The number of rotatable bonds is 4. The number of amides is 3. The number of hydrogen-bond acceptors (Lipinski definition) is 4. The molecule has 2 aromatic carbocycles. The molecule has 0 aliphatic carbocycles. The van der Waals surface area contributed by atoms with Crippen LogP contribution in [0.2, 0.25) is 5.02 Å². The average molecular weight is 331 g/mol. The summed E-state index contributed by atoms with van der Waals surface area (Å²) in [6.45, 7) is -0.206. The molecule has 2 N–H and O–H groups in total. The van der Waals surface area contributed by atoms with E-state index < -0.39 is 17.7 Å². The van der Waals surface area contributed by atoms with Crippen molar-refractivity contribution in [1.82, 2.24) is 5.32 Å². The predicted molar refractivity (Wildman–Crippen MR) is 83.8 cm³/mol. The van der Waals surface area contributed by atoms with E-state index in [0.29, 0.717) is 22.0 Å². The molecule has 1 heterocycles. The highest BCUT2D eigenvalue weighted by Crippen LogP contribution is 2.20. The number of nitrogens with one attached hydrogen (secondary N) is 2. The van der Waals surface area contributed by atoms with Crippen LogP contribution in [0.15, 0.2) is 42.5 Å². The smallest absolute Gasteiger partial charge is 0.262 e. The first kappa shape index (κ1) is 15.1. The Kier molecular flexibility index (Phi) is 3.99. The maximum Gasteiger partial charge on any atom is 0.262 e. The highest BCUT2D eigenvalue weighted by Gasteiger charge is 2.26. The summed E-state index contributed by atoms with van der Waals surface area (Å²) in [5.74, 6) is -0.829. The fraction of sp³-hybridized carbons (Fsp3) is 0.0625. The lowest BCUT2D eigenvalue weighted by molar-refractivity contribution is -0.118. The molecule has 7 heteroatoms. The Morgan fingerprint density at radius 2 is 1.87 bits per heavy atom. The zero-order chi connectivity index (χ0) is 16.4. The van der Waals surface area contributed by atoms with Crippen LogP contribution in [0, 0.1) is 0 Å². The van der Waals surface area contributed by atoms with E-state index in [1.807, 2.05) is 0 Å². The second kappa shape index (κ2) is 6.10. The molecule has 0 spiro atoms. The minimum atomic E-state index is -0.476. The zero-order valence-corrected chi connectivity index (χ0v) is 12.5. The van der Waals surface area contributed by atoms with Crippen molar-refractivity contribution in [2.75, 3.05) is 11.9 Å². The lowest BCUT2D eigenvalue weighted by Crippen LogP contribution is -2.20. The van der Waals surface area contributed by atoms with Gasteiger partial charge in [-0.1, -0.05) is 17.7 Å². The van der Waals surface area contributed by atoms with Crippen molar-refractivity contribution < 1.29 is 19.1 Å². The summed E-state index contributed by atoms with van der Waals surface area (Å²) in [7, 11) is 0. The van der Waals surface area contributed by atoms with Crippen LogP contribution in [-0.2, 0) is 4.79 Å². The normalized spacial score (nSPS) is 12.6. The van der Waals surface area contributed by atoms with Gasteiger partial charge >= 0.3 is 0 Å². The maximum absolute atomic E-state index is 11.9. The highest BCUT2D eigenvalue weighted by molar-refractivity contribution is 6.30. The molecule has 3 rings (SSSR count). The third kappa shape index (κ3) is 3.32. The van der Waals surface area contributed by atoms with Gasteiger partial charge in [0.2, 0.25) is 0 Å². The Bertz CT molecular complexity index is 819. The van der Waals surface area contributed by atoms with Crippen LogP contribution >= 0.6 is 11.6 Å². The van der Waals surface area contributed by atoms with Gasteiger partial charge in [-0.25, -0.2) is 0 Å². The molecule has 0 atom stereocenters. The summed E-state index contributed by atoms with van der Waals surface area (Å²) in [4.78, 5) is 34.9. The van der Waals surface area contributed by atoms with E-state index in [2.05, 4.69) is 10.6 Å². The molecular weight excluding hydrogens is 320 g/mol. The van der Waals surface area contributed by atoms with Crippen LogP contribution in [-0.4, -0.2) is 24.3 Å². The zero-order valence-electron chi connectivity index (χ0n) is 11.8. The standard InChI is InChI=1S/C16H11ClN2O4/c17-9-2-1-3-11(6-9)23-8-14(20)18-10-4-5-12-13(7-10)16(22)19-15(12)21/h1-7H,8H2,(H,18,20)(H,19,21,22). The number of carbonyl (C=O) groups excluding carboxylic acids is 3. The number of hydrogen-bond donors (Lipinski definition) is 2. The topological polar surface area (TPSA) is 84.5 Å². The molecule has 0 saturated heterocycles. The van der Waals surface area contributed by atoms with Crippen molar-refractivity contribution in [2.24, 2.45) is 0 Å². The van der Waals surface area contributed by atoms with Gasteiger partial charge in [0.15, 0.2) is 6.61 Å². The molecule has 0 radical (unpaired) electrons. The summed E-state index contributed by atoms with van der Waals surface area (Å²) in [5.41, 5.74) is 0.944. The van der Waals surface area contributed by atoms with Gasteiger partial charge in [0.05, 0.1) is 11.1 Å². The third-order valence-corrected chi connectivity index (χ3v) is 3.42. The van der Waals surface area contributed by atoms with E-state index in [1.165, 1.54) is 12.1 Å². The summed E-state index contributed by atoms with van der Waals surface area (Å²) >= 11 is 5.82. The number of imide groups is 1. The Morgan fingerprint density at radius 3 is 2.65 bits per heavy atom. The number of benzene rings is 2. The fourth-order valence-electron chi connectivity index (χ4n) is 2.15. The van der Waals surface area contributed by atoms with Crippen molar-refractivity contribution in [2.45, 2.75) is 0 Å². The predicted octanol–water partition coefficient (Wildman–Crippen LogP) is 2.24. The molecule has 2 aromatic rings. The number of halogens is 1. The average Bonchev–Trinajstić information content (AvgIpc) is 2.80. The molecule has 0 saturated carbocycles. The van der Waals surface area contributed by atoms with Crippen molar-refractivity contribution in [3.63, 3.8) is 0 Å². The molecule has 1 aliphatic heterocycles. The number of anilines is 1. The van der Waals surface area contributed by atoms with Gasteiger partial charge in [-0.05, 0) is 36.4 Å². The molecule has 6 nitrogen and oxygen atoms in total. The molecule has 3 amide bonds. The van der Waals surface area contributed by atoms with E-state index in [1.54, 1.807) is 30.3 Å². The molecule has 0 unspecified atom stereocenters. The second-order valence-electron chi connectivity index (χ2n) is 4.84. The minimum absolute atomic E-state index is 0.206. The maximum atomic E-state index is 11.9. The number of fused-ring (bicyclic) bond motifs is 1. The van der Waals surface area contributed by atoms with E-state index in [-0.39, 0.29) is 12.2 Å². The van der Waals surface area contributed by atoms with Gasteiger partial charge in [0, 0.05) is 10.7 Å². The Balaban J connectivity index is 1.63. The van der Waals surface area contributed by atoms with Crippen molar-refractivity contribution in [3.05, 3.63) is 58.6 Å². The molecule has 1 aliphatic rings. The SMILES string of the molecule is O=C(COc1cccc(Cl)c1)Nc1ccc2c(c1)C(=O)NC2=O. The van der Waals surface area contributed by atoms with Crippen molar-refractivity contribution in [1.29, 1.82) is 0 Å². The molecule has 23 heavy (non-hydrogen) atoms. The molecular formula is C16H11ClN2O4. The Hall–Kier alpha value is -2.86. The van der Waals surface area contributed by atoms with Gasteiger partial charge in [0.1, 0.15) is 5.75 Å². The van der Waals surface area contributed by atoms with Gasteiger partial charge in [-0.2, -0.15) is 0 Å². The summed E-state index contributed by atoms with van der Waals surface area (Å²) in [6.07, 6.45) is 0. The van der Waals surface area contributed by atoms with Crippen LogP contribution in [0.25, 0.3) is 0 Å². The van der Waals surface area contributed by atoms with Gasteiger partial charge in [-0.3, -0.25) is 19.7 Å². The van der Waals surface area contributed by atoms with Gasteiger partial charge in [-0.15, -0.1) is 0 Å². The Morgan fingerprint density at radius 1 is 1.09 bits per heavy atom. The lowest BCUT2D eigenvalue weighted by atomic mass is 10.1. The van der Waals surface area contributed by atoms with Crippen molar-refractivity contribution >= 4 is 35.0 Å². The lowest BCUT2D eigenvalue weighted by Gasteiger charge is -2.08. The highest BCUT2D eigenvalue weighted by atomic mass is 35.5. The van der Waals surface area contributed by atoms with Crippen LogP contribution in [0.1, 0.15) is 20.7 Å². The molecule has 0 aromatic heterocycles. The van der Waals surface area contributed by atoms with Crippen LogP contribution in [0.4, 0.5) is 5.69 Å². The van der Waals surface area contributed by atoms with E-state index in [4.69, 9.17) is 16.3 Å². The molecule has 0 fully saturated rings. The first-order valence-corrected chi connectivity index (χ1v) is 7.09. The number of ether oxygens (including phenoxy) is 1. The Labute approximate surface area is 136 Å². The largest absolute Gasteiger partial charge is 0.484 e. The van der Waals surface area contributed by atoms with Crippen molar-refractivity contribution in [3.8, 4) is 5.75 Å². The fourth-order valence-corrected chi connectivity index (χ4v) is 2.33. The molecule has 0 bridgehead atoms.